The van der Waals surface area contributed by atoms with Crippen LogP contribution in [0.5, 0.6) is 0 Å². The Morgan fingerprint density at radius 3 is 3.32 bits per heavy atom. The largest absolute Gasteiger partial charge is 0.462 e. The highest BCUT2D eigenvalue weighted by Gasteiger charge is 2.22. The topological polar surface area (TPSA) is 73.0 Å². The molecule has 4 rings (SSSR count). The SMILES string of the molecule is O=C(N[C@H]1CCc2nccn2C1)c1csc(-c2ccco2)n1. The molecule has 1 atom stereocenters. The summed E-state index contributed by atoms with van der Waals surface area (Å²) < 4.78 is 7.39. The van der Waals surface area contributed by atoms with E-state index in [9.17, 15) is 4.79 Å². The number of nitrogens with zero attached hydrogens (tertiary/aromatic N) is 3. The maximum absolute atomic E-state index is 12.3. The van der Waals surface area contributed by atoms with Gasteiger partial charge in [-0.25, -0.2) is 9.97 Å². The van der Waals surface area contributed by atoms with Crippen LogP contribution in [-0.4, -0.2) is 26.5 Å². The van der Waals surface area contributed by atoms with Crippen molar-refractivity contribution in [2.75, 3.05) is 0 Å². The third-order valence-electron chi connectivity index (χ3n) is 3.74. The third kappa shape index (κ3) is 2.43. The summed E-state index contributed by atoms with van der Waals surface area (Å²) >= 11 is 1.41. The number of furan rings is 1. The van der Waals surface area contributed by atoms with Crippen molar-refractivity contribution >= 4 is 17.2 Å². The van der Waals surface area contributed by atoms with Gasteiger partial charge in [-0.2, -0.15) is 0 Å². The van der Waals surface area contributed by atoms with Gasteiger partial charge in [0.1, 0.15) is 11.5 Å². The molecule has 1 N–H and O–H groups in total. The van der Waals surface area contributed by atoms with Crippen molar-refractivity contribution in [1.82, 2.24) is 19.9 Å². The summed E-state index contributed by atoms with van der Waals surface area (Å²) in [7, 11) is 0. The minimum atomic E-state index is -0.136. The van der Waals surface area contributed by atoms with Crippen molar-refractivity contribution in [3.05, 3.63) is 47.7 Å². The quantitative estimate of drug-likeness (QED) is 0.805. The van der Waals surface area contributed by atoms with E-state index in [0.29, 0.717) is 11.5 Å². The molecule has 4 heterocycles. The second-order valence-electron chi connectivity index (χ2n) is 5.22. The van der Waals surface area contributed by atoms with Crippen LogP contribution in [0.3, 0.4) is 0 Å². The molecule has 1 amide bonds. The van der Waals surface area contributed by atoms with Crippen molar-refractivity contribution in [1.29, 1.82) is 0 Å². The Morgan fingerprint density at radius 1 is 1.50 bits per heavy atom. The Kier molecular flexibility index (Phi) is 3.27. The van der Waals surface area contributed by atoms with Crippen LogP contribution >= 0.6 is 11.3 Å². The van der Waals surface area contributed by atoms with Crippen molar-refractivity contribution in [2.24, 2.45) is 0 Å². The Labute approximate surface area is 130 Å². The summed E-state index contributed by atoms with van der Waals surface area (Å²) in [6, 6.07) is 3.76. The Balaban J connectivity index is 1.45. The fourth-order valence-electron chi connectivity index (χ4n) is 2.64. The molecule has 0 aliphatic carbocycles. The van der Waals surface area contributed by atoms with Gasteiger partial charge in [-0.05, 0) is 18.6 Å². The lowest BCUT2D eigenvalue weighted by atomic mass is 10.1. The van der Waals surface area contributed by atoms with E-state index in [1.165, 1.54) is 11.3 Å². The first-order chi connectivity index (χ1) is 10.8. The Hall–Kier alpha value is -2.41. The zero-order valence-corrected chi connectivity index (χ0v) is 12.5. The first-order valence-electron chi connectivity index (χ1n) is 7.10. The van der Waals surface area contributed by atoms with Gasteiger partial charge in [0, 0.05) is 36.8 Å². The van der Waals surface area contributed by atoms with Crippen molar-refractivity contribution < 1.29 is 9.21 Å². The lowest BCUT2D eigenvalue weighted by Gasteiger charge is -2.24. The highest BCUT2D eigenvalue weighted by Crippen LogP contribution is 2.24. The summed E-state index contributed by atoms with van der Waals surface area (Å²) in [6.45, 7) is 0.760. The normalized spacial score (nSPS) is 17.2. The number of hydrogen-bond acceptors (Lipinski definition) is 5. The average Bonchev–Trinajstić information content (AvgIpc) is 3.26. The maximum atomic E-state index is 12.3. The molecule has 0 unspecified atom stereocenters. The number of amides is 1. The number of fused-ring (bicyclic) bond motifs is 1. The number of nitrogens with one attached hydrogen (secondary N) is 1. The van der Waals surface area contributed by atoms with E-state index < -0.39 is 0 Å². The van der Waals surface area contributed by atoms with Crippen LogP contribution in [0.4, 0.5) is 0 Å². The molecule has 3 aromatic rings. The average molecular weight is 314 g/mol. The summed E-state index contributed by atoms with van der Waals surface area (Å²) in [5.74, 6) is 1.63. The molecule has 22 heavy (non-hydrogen) atoms. The van der Waals surface area contributed by atoms with Gasteiger partial charge in [0.05, 0.1) is 6.26 Å². The van der Waals surface area contributed by atoms with E-state index in [4.69, 9.17) is 4.42 Å². The molecule has 112 valence electrons. The van der Waals surface area contributed by atoms with Gasteiger partial charge in [-0.15, -0.1) is 11.3 Å². The molecular formula is C15H14N4O2S. The molecule has 0 spiro atoms. The summed E-state index contributed by atoms with van der Waals surface area (Å²) in [6.07, 6.45) is 7.13. The van der Waals surface area contributed by atoms with Crippen LogP contribution in [0, 0.1) is 0 Å². The van der Waals surface area contributed by atoms with E-state index in [2.05, 4.69) is 19.9 Å². The molecule has 6 nitrogen and oxygen atoms in total. The van der Waals surface area contributed by atoms with Gasteiger partial charge in [0.15, 0.2) is 10.8 Å². The molecule has 0 radical (unpaired) electrons. The molecule has 0 aromatic carbocycles. The van der Waals surface area contributed by atoms with Crippen LogP contribution < -0.4 is 5.32 Å². The number of imidazole rings is 1. The zero-order valence-electron chi connectivity index (χ0n) is 11.7. The highest BCUT2D eigenvalue weighted by molar-refractivity contribution is 7.13. The molecule has 1 aliphatic rings. The second kappa shape index (κ2) is 5.42. The van der Waals surface area contributed by atoms with Gasteiger partial charge >= 0.3 is 0 Å². The summed E-state index contributed by atoms with van der Waals surface area (Å²) in [4.78, 5) is 21.0. The molecule has 0 saturated heterocycles. The molecule has 1 aliphatic heterocycles. The van der Waals surface area contributed by atoms with Crippen molar-refractivity contribution in [2.45, 2.75) is 25.4 Å². The van der Waals surface area contributed by atoms with E-state index in [1.54, 1.807) is 23.9 Å². The molecular weight excluding hydrogens is 300 g/mol. The molecule has 7 heteroatoms. The Morgan fingerprint density at radius 2 is 2.45 bits per heavy atom. The van der Waals surface area contributed by atoms with E-state index >= 15 is 0 Å². The van der Waals surface area contributed by atoms with E-state index in [0.717, 1.165) is 30.2 Å². The lowest BCUT2D eigenvalue weighted by molar-refractivity contribution is 0.0923. The van der Waals surface area contributed by atoms with Crippen LogP contribution in [0.15, 0.2) is 40.6 Å². The molecule has 0 fully saturated rings. The zero-order chi connectivity index (χ0) is 14.9. The van der Waals surface area contributed by atoms with Crippen LogP contribution in [0.25, 0.3) is 10.8 Å². The fourth-order valence-corrected chi connectivity index (χ4v) is 3.40. The predicted molar refractivity (Wildman–Crippen MR) is 81.6 cm³/mol. The smallest absolute Gasteiger partial charge is 0.271 e. The van der Waals surface area contributed by atoms with Gasteiger partial charge in [0.25, 0.3) is 5.91 Å². The van der Waals surface area contributed by atoms with Gasteiger partial charge in [0.2, 0.25) is 0 Å². The molecule has 0 saturated carbocycles. The van der Waals surface area contributed by atoms with Crippen LogP contribution in [-0.2, 0) is 13.0 Å². The number of hydrogen-bond donors (Lipinski definition) is 1. The molecule has 0 bridgehead atoms. The number of carbonyl (C=O) groups is 1. The summed E-state index contributed by atoms with van der Waals surface area (Å²) in [5, 5.41) is 5.53. The number of thiazole rings is 1. The third-order valence-corrected chi connectivity index (χ3v) is 4.60. The van der Waals surface area contributed by atoms with Gasteiger partial charge < -0.3 is 14.3 Å². The maximum Gasteiger partial charge on any atom is 0.271 e. The highest BCUT2D eigenvalue weighted by atomic mass is 32.1. The Bertz CT molecular complexity index is 790. The first kappa shape index (κ1) is 13.3. The number of carbonyl (C=O) groups excluding carboxylic acids is 1. The van der Waals surface area contributed by atoms with E-state index in [-0.39, 0.29) is 11.9 Å². The number of rotatable bonds is 3. The predicted octanol–water partition coefficient (Wildman–Crippen LogP) is 2.34. The minimum Gasteiger partial charge on any atom is -0.462 e. The lowest BCUT2D eigenvalue weighted by Crippen LogP contribution is -2.41. The van der Waals surface area contributed by atoms with E-state index in [1.807, 2.05) is 12.3 Å². The number of aromatic nitrogens is 3. The minimum absolute atomic E-state index is 0.114. The van der Waals surface area contributed by atoms with Gasteiger partial charge in [-0.3, -0.25) is 4.79 Å². The van der Waals surface area contributed by atoms with Crippen molar-refractivity contribution in [3.63, 3.8) is 0 Å². The van der Waals surface area contributed by atoms with Gasteiger partial charge in [-0.1, -0.05) is 0 Å². The first-order valence-corrected chi connectivity index (χ1v) is 7.98. The second-order valence-corrected chi connectivity index (χ2v) is 6.08. The van der Waals surface area contributed by atoms with Crippen LogP contribution in [0.1, 0.15) is 22.7 Å². The fraction of sp³-hybridized carbons (Fsp3) is 0.267. The molecule has 3 aromatic heterocycles. The van der Waals surface area contributed by atoms with Crippen LogP contribution in [0.2, 0.25) is 0 Å². The summed E-state index contributed by atoms with van der Waals surface area (Å²) in [5.41, 5.74) is 0.438. The monoisotopic (exact) mass is 314 g/mol. The number of aryl methyl sites for hydroxylation is 1. The van der Waals surface area contributed by atoms with Crippen molar-refractivity contribution in [3.8, 4) is 10.8 Å². The standard InChI is InChI=1S/C15H14N4O2S/c20-14(11-9-22-15(18-11)12-2-1-7-21-12)17-10-3-4-13-16-5-6-19(13)8-10/h1-2,5-7,9-10H,3-4,8H2,(H,17,20)/t10-/m0/s1.